The number of benzene rings is 2. The summed E-state index contributed by atoms with van der Waals surface area (Å²) in [6.07, 6.45) is 8.06. The van der Waals surface area contributed by atoms with Crippen molar-refractivity contribution in [3.8, 4) is 0 Å². The number of nitrogens with one attached hydrogen (secondary N) is 2. The van der Waals surface area contributed by atoms with Gasteiger partial charge in [-0.1, -0.05) is 48.0 Å². The Hall–Kier alpha value is -3.77. The molecule has 0 unspecified atom stereocenters. The van der Waals surface area contributed by atoms with Gasteiger partial charge in [0.05, 0.1) is 11.3 Å². The normalized spacial score (nSPS) is 10.9. The fourth-order valence-corrected chi connectivity index (χ4v) is 2.60. The highest BCUT2D eigenvalue weighted by molar-refractivity contribution is 6.31. The number of carbonyl (C=O) groups is 2. The number of amides is 2. The van der Waals surface area contributed by atoms with Gasteiger partial charge in [-0.05, 0) is 42.0 Å². The number of hydrogen-bond donors (Lipinski definition) is 2. The van der Waals surface area contributed by atoms with Crippen LogP contribution in [0.25, 0.3) is 6.08 Å². The van der Waals surface area contributed by atoms with Gasteiger partial charge in [-0.25, -0.2) is 5.43 Å². The van der Waals surface area contributed by atoms with Crippen molar-refractivity contribution < 1.29 is 9.59 Å². The van der Waals surface area contributed by atoms with Gasteiger partial charge in [0.1, 0.15) is 0 Å². The molecule has 1 heterocycles. The molecule has 1 aromatic heterocycles. The van der Waals surface area contributed by atoms with Gasteiger partial charge in [0.15, 0.2) is 0 Å². The van der Waals surface area contributed by atoms with E-state index in [-0.39, 0.29) is 11.5 Å². The molecule has 0 aliphatic rings. The van der Waals surface area contributed by atoms with E-state index in [2.05, 4.69) is 20.8 Å². The van der Waals surface area contributed by atoms with Gasteiger partial charge in [-0.3, -0.25) is 14.6 Å². The lowest BCUT2D eigenvalue weighted by Crippen LogP contribution is -2.21. The monoisotopic (exact) mass is 404 g/mol. The topological polar surface area (TPSA) is 83.5 Å². The molecule has 7 heteroatoms. The lowest BCUT2D eigenvalue weighted by atomic mass is 10.1. The molecule has 0 fully saturated rings. The minimum Gasteiger partial charge on any atom is -0.321 e. The Morgan fingerprint density at radius 3 is 2.48 bits per heavy atom. The van der Waals surface area contributed by atoms with Crippen LogP contribution in [0.1, 0.15) is 26.3 Å². The first-order chi connectivity index (χ1) is 14.1. The number of aromatic nitrogens is 1. The second-order valence-corrected chi connectivity index (χ2v) is 6.31. The first-order valence-electron chi connectivity index (χ1n) is 8.69. The standard InChI is InChI=1S/C22H17ClN4O2/c23-18-8-9-20(26-21(28)17-10-13-24-14-11-17)19(15-18)22(29)27-25-12-4-7-16-5-2-1-3-6-16/h1-15H,(H,26,28)(H,27,29)/b7-4+,25-12+. The van der Waals surface area contributed by atoms with Crippen LogP contribution in [-0.2, 0) is 0 Å². The molecule has 3 aromatic rings. The summed E-state index contributed by atoms with van der Waals surface area (Å²) >= 11 is 6.02. The molecule has 0 aliphatic carbocycles. The average Bonchev–Trinajstić information content (AvgIpc) is 2.76. The van der Waals surface area contributed by atoms with Crippen LogP contribution < -0.4 is 10.7 Å². The number of anilines is 1. The zero-order chi connectivity index (χ0) is 20.5. The van der Waals surface area contributed by atoms with Crippen LogP contribution in [0.15, 0.2) is 84.2 Å². The maximum atomic E-state index is 12.5. The van der Waals surface area contributed by atoms with Gasteiger partial charge < -0.3 is 5.32 Å². The molecule has 29 heavy (non-hydrogen) atoms. The van der Waals surface area contributed by atoms with Gasteiger partial charge in [0, 0.05) is 29.2 Å². The van der Waals surface area contributed by atoms with Crippen LogP contribution >= 0.6 is 11.6 Å². The first-order valence-corrected chi connectivity index (χ1v) is 9.07. The van der Waals surface area contributed by atoms with E-state index in [0.29, 0.717) is 16.3 Å². The van der Waals surface area contributed by atoms with E-state index in [4.69, 9.17) is 11.6 Å². The number of hydrogen-bond acceptors (Lipinski definition) is 4. The Labute approximate surface area is 172 Å². The third kappa shape index (κ3) is 5.85. The molecule has 0 spiro atoms. The number of nitrogens with zero attached hydrogens (tertiary/aromatic N) is 2. The molecule has 2 aromatic carbocycles. The molecule has 0 saturated heterocycles. The van der Waals surface area contributed by atoms with Gasteiger partial charge in [0.25, 0.3) is 11.8 Å². The summed E-state index contributed by atoms with van der Waals surface area (Å²) in [5.41, 5.74) is 4.38. The van der Waals surface area contributed by atoms with Crippen LogP contribution in [0.2, 0.25) is 5.02 Å². The minimum absolute atomic E-state index is 0.198. The Bertz CT molecular complexity index is 1050. The van der Waals surface area contributed by atoms with Crippen molar-refractivity contribution in [2.75, 3.05) is 5.32 Å². The highest BCUT2D eigenvalue weighted by atomic mass is 35.5. The summed E-state index contributed by atoms with van der Waals surface area (Å²) in [7, 11) is 0. The van der Waals surface area contributed by atoms with Crippen molar-refractivity contribution in [3.05, 3.63) is 101 Å². The lowest BCUT2D eigenvalue weighted by Gasteiger charge is -2.10. The van der Waals surface area contributed by atoms with E-state index in [1.807, 2.05) is 36.4 Å². The van der Waals surface area contributed by atoms with Crippen LogP contribution in [0.3, 0.4) is 0 Å². The summed E-state index contributed by atoms with van der Waals surface area (Å²) in [5.74, 6) is -0.861. The summed E-state index contributed by atoms with van der Waals surface area (Å²) in [5, 5.41) is 6.97. The fourth-order valence-electron chi connectivity index (χ4n) is 2.43. The molecule has 6 nitrogen and oxygen atoms in total. The Morgan fingerprint density at radius 2 is 1.72 bits per heavy atom. The summed E-state index contributed by atoms with van der Waals surface area (Å²) < 4.78 is 0. The summed E-state index contributed by atoms with van der Waals surface area (Å²) in [4.78, 5) is 28.7. The van der Waals surface area contributed by atoms with E-state index in [0.717, 1.165) is 5.56 Å². The number of halogens is 1. The van der Waals surface area contributed by atoms with Gasteiger partial charge >= 0.3 is 0 Å². The van der Waals surface area contributed by atoms with E-state index in [1.54, 1.807) is 30.3 Å². The minimum atomic E-state index is -0.498. The van der Waals surface area contributed by atoms with Crippen molar-refractivity contribution in [1.29, 1.82) is 0 Å². The third-order valence-electron chi connectivity index (χ3n) is 3.83. The Balaban J connectivity index is 1.68. The second-order valence-electron chi connectivity index (χ2n) is 5.87. The second kappa shape index (κ2) is 9.96. The molecule has 0 bridgehead atoms. The number of hydrazone groups is 1. The van der Waals surface area contributed by atoms with Crippen LogP contribution in [0.5, 0.6) is 0 Å². The predicted octanol–water partition coefficient (Wildman–Crippen LogP) is 4.42. The molecule has 0 atom stereocenters. The highest BCUT2D eigenvalue weighted by Crippen LogP contribution is 2.21. The smallest absolute Gasteiger partial charge is 0.273 e. The van der Waals surface area contributed by atoms with Crippen molar-refractivity contribution in [2.45, 2.75) is 0 Å². The molecular formula is C22H17ClN4O2. The summed E-state index contributed by atoms with van der Waals surface area (Å²) in [6.45, 7) is 0. The molecule has 2 amide bonds. The van der Waals surface area contributed by atoms with Crippen molar-refractivity contribution in [2.24, 2.45) is 5.10 Å². The quantitative estimate of drug-likeness (QED) is 0.471. The fraction of sp³-hybridized carbons (Fsp3) is 0. The largest absolute Gasteiger partial charge is 0.321 e. The zero-order valence-electron chi connectivity index (χ0n) is 15.2. The van der Waals surface area contributed by atoms with E-state index in [1.165, 1.54) is 24.7 Å². The van der Waals surface area contributed by atoms with Crippen LogP contribution in [0, 0.1) is 0 Å². The van der Waals surface area contributed by atoms with Crippen molar-refractivity contribution >= 4 is 41.4 Å². The number of allylic oxidation sites excluding steroid dienone is 1. The maximum absolute atomic E-state index is 12.5. The maximum Gasteiger partial charge on any atom is 0.273 e. The van der Waals surface area contributed by atoms with E-state index < -0.39 is 5.91 Å². The molecule has 0 aliphatic heterocycles. The SMILES string of the molecule is O=C(Nc1ccc(Cl)cc1C(=O)N/N=C/C=C/c1ccccc1)c1ccncc1. The molecule has 0 radical (unpaired) electrons. The van der Waals surface area contributed by atoms with Gasteiger partial charge in [0.2, 0.25) is 0 Å². The number of pyridine rings is 1. The first kappa shape index (κ1) is 20.0. The molecule has 2 N–H and O–H groups in total. The highest BCUT2D eigenvalue weighted by Gasteiger charge is 2.14. The average molecular weight is 405 g/mol. The summed E-state index contributed by atoms with van der Waals surface area (Å²) in [6, 6.07) is 17.5. The van der Waals surface area contributed by atoms with E-state index in [9.17, 15) is 9.59 Å². The molecule has 3 rings (SSSR count). The van der Waals surface area contributed by atoms with Gasteiger partial charge in [-0.15, -0.1) is 0 Å². The lowest BCUT2D eigenvalue weighted by molar-refractivity contribution is 0.0956. The number of carbonyl (C=O) groups excluding carboxylic acids is 2. The zero-order valence-corrected chi connectivity index (χ0v) is 16.0. The van der Waals surface area contributed by atoms with E-state index >= 15 is 0 Å². The van der Waals surface area contributed by atoms with Crippen LogP contribution in [-0.4, -0.2) is 23.0 Å². The van der Waals surface area contributed by atoms with Crippen LogP contribution in [0.4, 0.5) is 5.69 Å². The number of rotatable bonds is 6. The Kier molecular flexibility index (Phi) is 6.86. The van der Waals surface area contributed by atoms with Gasteiger partial charge in [-0.2, -0.15) is 5.10 Å². The molecule has 0 saturated carbocycles. The molecule has 144 valence electrons. The predicted molar refractivity (Wildman–Crippen MR) is 115 cm³/mol. The molecular weight excluding hydrogens is 388 g/mol. The van der Waals surface area contributed by atoms with Crippen molar-refractivity contribution in [3.63, 3.8) is 0 Å². The third-order valence-corrected chi connectivity index (χ3v) is 4.07. The van der Waals surface area contributed by atoms with Crippen molar-refractivity contribution in [1.82, 2.24) is 10.4 Å². The Morgan fingerprint density at radius 1 is 0.966 bits per heavy atom.